The lowest BCUT2D eigenvalue weighted by Crippen LogP contribution is -2.26. The minimum absolute atomic E-state index is 0.0372. The van der Waals surface area contributed by atoms with Crippen LogP contribution in [-0.4, -0.2) is 19.0 Å². The molecule has 0 saturated heterocycles. The Morgan fingerprint density at radius 1 is 1.09 bits per heavy atom. The second-order valence-electron chi connectivity index (χ2n) is 7.62. The van der Waals surface area contributed by atoms with Crippen LogP contribution in [0.15, 0.2) is 24.3 Å². The first kappa shape index (κ1) is 23.1. The quantitative estimate of drug-likeness (QED) is 0.190. The highest BCUT2D eigenvalue weighted by Crippen LogP contribution is 2.52. The van der Waals surface area contributed by atoms with E-state index in [9.17, 15) is 4.79 Å². The molecule has 4 N–H and O–H groups in total. The molecule has 3 rings (SSSR count). The van der Waals surface area contributed by atoms with E-state index >= 15 is 0 Å². The molecule has 0 unspecified atom stereocenters. The Bertz CT molecular complexity index is 1010. The number of rotatable bonds is 10. The van der Waals surface area contributed by atoms with E-state index in [1.807, 2.05) is 37.4 Å². The predicted octanol–water partition coefficient (Wildman–Crippen LogP) is 5.47. The molecule has 1 aliphatic heterocycles. The highest BCUT2D eigenvalue weighted by molar-refractivity contribution is 5.98. The van der Waals surface area contributed by atoms with Crippen LogP contribution in [0.3, 0.4) is 0 Å². The summed E-state index contributed by atoms with van der Waals surface area (Å²) in [5.74, 6) is 1.20. The average Bonchev–Trinajstić information content (AvgIpc) is 2.79. The molecule has 0 atom stereocenters. The molecule has 170 valence electrons. The summed E-state index contributed by atoms with van der Waals surface area (Å²) in [5.41, 5.74) is 10.6. The van der Waals surface area contributed by atoms with E-state index in [-0.39, 0.29) is 5.91 Å². The number of nitrogens with one attached hydrogen (secondary N) is 4. The van der Waals surface area contributed by atoms with Gasteiger partial charge in [-0.2, -0.15) is 5.26 Å². The first-order valence-corrected chi connectivity index (χ1v) is 11.3. The number of anilines is 5. The summed E-state index contributed by atoms with van der Waals surface area (Å²) < 4.78 is 6.35. The number of hydrogen-bond donors (Lipinski definition) is 4. The average molecular weight is 437 g/mol. The van der Waals surface area contributed by atoms with Gasteiger partial charge >= 0.3 is 0 Å². The third kappa shape index (κ3) is 4.67. The summed E-state index contributed by atoms with van der Waals surface area (Å²) in [6.07, 6.45) is 5.00. The van der Waals surface area contributed by atoms with Crippen molar-refractivity contribution in [3.8, 4) is 17.7 Å². The molecule has 8 heteroatoms. The molecule has 1 heterocycles. The molecule has 0 radical (unpaired) electrons. The molecule has 8 nitrogen and oxygen atoms in total. The molecular formula is C24H32N6O2. The monoisotopic (exact) mass is 436 g/mol. The van der Waals surface area contributed by atoms with Crippen LogP contribution in [0.1, 0.15) is 52.5 Å². The minimum atomic E-state index is -0.0372. The summed E-state index contributed by atoms with van der Waals surface area (Å²) >= 11 is 0. The summed E-state index contributed by atoms with van der Waals surface area (Å²) in [4.78, 5) is 14.5. The van der Waals surface area contributed by atoms with Crippen LogP contribution in [0.25, 0.3) is 0 Å². The molecule has 0 bridgehead atoms. The smallest absolute Gasteiger partial charge is 0.224 e. The van der Waals surface area contributed by atoms with Gasteiger partial charge in [0.1, 0.15) is 11.4 Å². The summed E-state index contributed by atoms with van der Waals surface area (Å²) in [6, 6.07) is 7.83. The minimum Gasteiger partial charge on any atom is -0.451 e. The third-order valence-electron chi connectivity index (χ3n) is 5.47. The van der Waals surface area contributed by atoms with Crippen molar-refractivity contribution in [2.75, 3.05) is 34.0 Å². The number of carbonyl (C=O) groups excluding carboxylic acids is 1. The van der Waals surface area contributed by atoms with E-state index in [1.165, 1.54) is 0 Å². The third-order valence-corrected chi connectivity index (χ3v) is 5.47. The number of nitrogens with zero attached hydrogens (tertiary/aromatic N) is 2. The Morgan fingerprint density at radius 3 is 2.53 bits per heavy atom. The van der Waals surface area contributed by atoms with Crippen molar-refractivity contribution in [3.05, 3.63) is 29.8 Å². The Balaban J connectivity index is 2.10. The number of amides is 1. The Hall–Kier alpha value is -3.60. The van der Waals surface area contributed by atoms with Gasteiger partial charge in [0.2, 0.25) is 5.91 Å². The number of hydrogen-bond acceptors (Lipinski definition) is 7. The van der Waals surface area contributed by atoms with Gasteiger partial charge in [0.25, 0.3) is 0 Å². The number of benzene rings is 2. The zero-order chi connectivity index (χ0) is 23.1. The van der Waals surface area contributed by atoms with Crippen molar-refractivity contribution in [2.45, 2.75) is 53.4 Å². The number of fused-ring (bicyclic) bond motifs is 2. The van der Waals surface area contributed by atoms with E-state index in [4.69, 9.17) is 10.00 Å². The molecule has 2 aromatic carbocycles. The van der Waals surface area contributed by atoms with Crippen molar-refractivity contribution < 1.29 is 9.53 Å². The molecule has 0 spiro atoms. The Kier molecular flexibility index (Phi) is 7.66. The van der Waals surface area contributed by atoms with Crippen LogP contribution in [-0.2, 0) is 11.2 Å². The van der Waals surface area contributed by atoms with E-state index < -0.39 is 0 Å². The summed E-state index contributed by atoms with van der Waals surface area (Å²) in [7, 11) is 0. The van der Waals surface area contributed by atoms with Crippen LogP contribution in [0.2, 0.25) is 0 Å². The van der Waals surface area contributed by atoms with E-state index in [2.05, 4.69) is 47.2 Å². The van der Waals surface area contributed by atoms with Crippen LogP contribution >= 0.6 is 0 Å². The second kappa shape index (κ2) is 10.6. The van der Waals surface area contributed by atoms with Crippen LogP contribution in [0.4, 0.5) is 28.4 Å². The van der Waals surface area contributed by atoms with Crippen LogP contribution in [0, 0.1) is 11.5 Å². The summed E-state index contributed by atoms with van der Waals surface area (Å²) in [5, 5.41) is 15.6. The SMILES string of the molecule is CCCC(=O)Nc1ccc(CCC)c2c1Oc1ccc(N(CC)CC)c(NNC#N)c1N2. The first-order chi connectivity index (χ1) is 15.6. The first-order valence-electron chi connectivity index (χ1n) is 11.3. The van der Waals surface area contributed by atoms with Crippen molar-refractivity contribution in [2.24, 2.45) is 0 Å². The number of aryl methyl sites for hydroxylation is 1. The fraction of sp³-hybridized carbons (Fsp3) is 0.417. The van der Waals surface area contributed by atoms with Gasteiger partial charge in [-0.1, -0.05) is 26.3 Å². The highest BCUT2D eigenvalue weighted by atomic mass is 16.5. The van der Waals surface area contributed by atoms with Crippen molar-refractivity contribution in [1.82, 2.24) is 5.43 Å². The van der Waals surface area contributed by atoms with Gasteiger partial charge in [-0.05, 0) is 50.5 Å². The van der Waals surface area contributed by atoms with Gasteiger partial charge in [-0.15, -0.1) is 0 Å². The van der Waals surface area contributed by atoms with Gasteiger partial charge in [0.15, 0.2) is 17.7 Å². The molecule has 0 aromatic heterocycles. The lowest BCUT2D eigenvalue weighted by molar-refractivity contribution is -0.116. The molecule has 0 saturated carbocycles. The maximum Gasteiger partial charge on any atom is 0.224 e. The topological polar surface area (TPSA) is 101 Å². The largest absolute Gasteiger partial charge is 0.451 e. The van der Waals surface area contributed by atoms with Crippen LogP contribution < -0.4 is 31.1 Å². The van der Waals surface area contributed by atoms with Crippen molar-refractivity contribution in [1.29, 1.82) is 5.26 Å². The molecule has 1 amide bonds. The van der Waals surface area contributed by atoms with E-state index in [0.717, 1.165) is 60.7 Å². The zero-order valence-electron chi connectivity index (χ0n) is 19.3. The zero-order valence-corrected chi connectivity index (χ0v) is 19.3. The number of ether oxygens (including phenoxy) is 1. The lowest BCUT2D eigenvalue weighted by atomic mass is 10.0. The van der Waals surface area contributed by atoms with Gasteiger partial charge in [-0.3, -0.25) is 10.2 Å². The maximum atomic E-state index is 12.3. The van der Waals surface area contributed by atoms with Gasteiger partial charge in [-0.25, -0.2) is 5.43 Å². The maximum absolute atomic E-state index is 12.3. The highest BCUT2D eigenvalue weighted by Gasteiger charge is 2.27. The standard InChI is InChI=1S/C24H32N6O2/c1-5-9-16-11-12-17(27-20(31)10-6-2)24-21(16)28-23-19(32-24)14-13-18(30(7-3)8-4)22(23)29-26-15-25/h11-14,26,28-29H,5-10H2,1-4H3,(H,27,31). The van der Waals surface area contributed by atoms with Gasteiger partial charge < -0.3 is 20.3 Å². The number of nitriles is 1. The predicted molar refractivity (Wildman–Crippen MR) is 130 cm³/mol. The molecule has 0 aliphatic carbocycles. The number of carbonyl (C=O) groups is 1. The van der Waals surface area contributed by atoms with Crippen molar-refractivity contribution >= 4 is 34.3 Å². The molecule has 2 aromatic rings. The fourth-order valence-corrected chi connectivity index (χ4v) is 3.94. The normalized spacial score (nSPS) is 11.2. The molecule has 0 fully saturated rings. The fourth-order valence-electron chi connectivity index (χ4n) is 3.94. The van der Waals surface area contributed by atoms with E-state index in [0.29, 0.717) is 23.6 Å². The summed E-state index contributed by atoms with van der Waals surface area (Å²) in [6.45, 7) is 9.93. The number of hydrazine groups is 1. The molecule has 32 heavy (non-hydrogen) atoms. The van der Waals surface area contributed by atoms with Crippen LogP contribution in [0.5, 0.6) is 11.5 Å². The van der Waals surface area contributed by atoms with Gasteiger partial charge in [0, 0.05) is 19.5 Å². The molecular weight excluding hydrogens is 404 g/mol. The van der Waals surface area contributed by atoms with Gasteiger partial charge in [0.05, 0.1) is 17.1 Å². The lowest BCUT2D eigenvalue weighted by Gasteiger charge is -2.31. The van der Waals surface area contributed by atoms with Crippen molar-refractivity contribution in [3.63, 3.8) is 0 Å². The Labute approximate surface area is 189 Å². The second-order valence-corrected chi connectivity index (χ2v) is 7.62. The Morgan fingerprint density at radius 2 is 1.88 bits per heavy atom. The van der Waals surface area contributed by atoms with E-state index in [1.54, 1.807) is 0 Å². The molecule has 1 aliphatic rings.